The minimum Gasteiger partial charge on any atom is -0.426 e. The first-order chi connectivity index (χ1) is 15.7. The van der Waals surface area contributed by atoms with Crippen LogP contribution in [0.15, 0.2) is 65.6 Å². The van der Waals surface area contributed by atoms with Gasteiger partial charge in [-0.3, -0.25) is 14.6 Å². The molecule has 0 aliphatic heterocycles. The average Bonchev–Trinajstić information content (AvgIpc) is 3.26. The van der Waals surface area contributed by atoms with Crippen molar-refractivity contribution >= 4 is 22.6 Å². The predicted octanol–water partition coefficient (Wildman–Crippen LogP) is 4.42. The Labute approximate surface area is 184 Å². The third-order valence-corrected chi connectivity index (χ3v) is 5.73. The average molecular weight is 429 g/mol. The Balaban J connectivity index is 1.34. The number of para-hydroxylation sites is 1. The number of carbonyl (C=O) groups excluding carboxylic acids is 1. The number of ether oxygens (including phenoxy) is 1. The van der Waals surface area contributed by atoms with Crippen molar-refractivity contribution in [2.24, 2.45) is 5.92 Å². The fraction of sp³-hybridized carbons (Fsp3) is 0.250. The summed E-state index contributed by atoms with van der Waals surface area (Å²) in [5.41, 5.74) is 1.59. The van der Waals surface area contributed by atoms with E-state index in [1.807, 2.05) is 30.3 Å². The highest BCUT2D eigenvalue weighted by Crippen LogP contribution is 2.26. The number of amides is 1. The van der Waals surface area contributed by atoms with E-state index in [9.17, 15) is 9.59 Å². The van der Waals surface area contributed by atoms with Crippen molar-refractivity contribution in [2.45, 2.75) is 32.1 Å². The summed E-state index contributed by atoms with van der Waals surface area (Å²) in [5.74, 6) is 0.660. The molecule has 1 fully saturated rings. The third kappa shape index (κ3) is 4.12. The molecular formula is C24H23N5O3. The summed E-state index contributed by atoms with van der Waals surface area (Å²) in [6.45, 7) is 0. The number of H-pyrrole nitrogens is 1. The van der Waals surface area contributed by atoms with E-state index in [-0.39, 0.29) is 23.4 Å². The van der Waals surface area contributed by atoms with Gasteiger partial charge in [0.1, 0.15) is 11.1 Å². The molecular weight excluding hydrogens is 406 g/mol. The standard InChI is InChI=1S/C24H23N5O3/c30-22(16-7-3-1-4-8-16)26-17-11-13-19(14-12-17)32-24-27-21-20(23(31)28-24)15-25-29(21)18-9-5-2-6-10-18/h2,5-6,9-16H,1,3-4,7-8H2,(H,26,30)(H,27,28,31). The fourth-order valence-corrected chi connectivity index (χ4v) is 4.03. The maximum absolute atomic E-state index is 12.5. The summed E-state index contributed by atoms with van der Waals surface area (Å²) >= 11 is 0. The van der Waals surface area contributed by atoms with Crippen LogP contribution in [0.3, 0.4) is 0 Å². The van der Waals surface area contributed by atoms with Crippen LogP contribution in [0.25, 0.3) is 16.7 Å². The lowest BCUT2D eigenvalue weighted by Gasteiger charge is -2.20. The molecule has 0 atom stereocenters. The monoisotopic (exact) mass is 429 g/mol. The highest BCUT2D eigenvalue weighted by Gasteiger charge is 2.21. The van der Waals surface area contributed by atoms with E-state index in [1.54, 1.807) is 28.9 Å². The summed E-state index contributed by atoms with van der Waals surface area (Å²) in [5, 5.41) is 7.65. The summed E-state index contributed by atoms with van der Waals surface area (Å²) < 4.78 is 7.38. The largest absolute Gasteiger partial charge is 0.426 e. The van der Waals surface area contributed by atoms with Crippen molar-refractivity contribution < 1.29 is 9.53 Å². The number of aromatic amines is 1. The molecule has 1 aliphatic carbocycles. The zero-order valence-electron chi connectivity index (χ0n) is 17.5. The number of anilines is 1. The van der Waals surface area contributed by atoms with Crippen molar-refractivity contribution in [3.8, 4) is 17.4 Å². The molecule has 0 unspecified atom stereocenters. The third-order valence-electron chi connectivity index (χ3n) is 5.73. The lowest BCUT2D eigenvalue weighted by Crippen LogP contribution is -2.24. The van der Waals surface area contributed by atoms with Gasteiger partial charge in [0.15, 0.2) is 5.65 Å². The molecule has 162 valence electrons. The van der Waals surface area contributed by atoms with Crippen molar-refractivity contribution in [3.63, 3.8) is 0 Å². The van der Waals surface area contributed by atoms with Gasteiger partial charge < -0.3 is 10.1 Å². The second-order valence-electron chi connectivity index (χ2n) is 7.95. The Morgan fingerprint density at radius 1 is 1.03 bits per heavy atom. The lowest BCUT2D eigenvalue weighted by molar-refractivity contribution is -0.120. The molecule has 8 nitrogen and oxygen atoms in total. The molecule has 5 rings (SSSR count). The van der Waals surface area contributed by atoms with Crippen LogP contribution in [0.1, 0.15) is 32.1 Å². The number of rotatable bonds is 5. The topological polar surface area (TPSA) is 102 Å². The van der Waals surface area contributed by atoms with Gasteiger partial charge in [0.25, 0.3) is 5.56 Å². The van der Waals surface area contributed by atoms with Crippen LogP contribution in [-0.4, -0.2) is 25.7 Å². The number of carbonyl (C=O) groups is 1. The number of hydrogen-bond donors (Lipinski definition) is 2. The first kappa shape index (κ1) is 20.0. The molecule has 0 saturated heterocycles. The lowest BCUT2D eigenvalue weighted by atomic mass is 9.88. The molecule has 0 spiro atoms. The van der Waals surface area contributed by atoms with E-state index in [2.05, 4.69) is 20.4 Å². The van der Waals surface area contributed by atoms with Gasteiger partial charge in [0, 0.05) is 11.6 Å². The Morgan fingerprint density at radius 2 is 1.78 bits per heavy atom. The van der Waals surface area contributed by atoms with Crippen molar-refractivity contribution in [3.05, 3.63) is 71.1 Å². The molecule has 2 N–H and O–H groups in total. The van der Waals surface area contributed by atoms with Gasteiger partial charge in [-0.25, -0.2) is 4.68 Å². The number of nitrogens with zero attached hydrogens (tertiary/aromatic N) is 3. The number of nitrogens with one attached hydrogen (secondary N) is 2. The molecule has 4 aromatic rings. The quantitative estimate of drug-likeness (QED) is 0.489. The maximum Gasteiger partial charge on any atom is 0.304 e. The zero-order chi connectivity index (χ0) is 21.9. The van der Waals surface area contributed by atoms with Gasteiger partial charge >= 0.3 is 6.01 Å². The minimum atomic E-state index is -0.330. The molecule has 0 radical (unpaired) electrons. The van der Waals surface area contributed by atoms with Crippen molar-refractivity contribution in [2.75, 3.05) is 5.32 Å². The van der Waals surface area contributed by atoms with Crippen LogP contribution in [0, 0.1) is 5.92 Å². The van der Waals surface area contributed by atoms with Crippen LogP contribution < -0.4 is 15.6 Å². The van der Waals surface area contributed by atoms with Gasteiger partial charge in [-0.05, 0) is 49.2 Å². The molecule has 2 aromatic heterocycles. The normalized spacial score (nSPS) is 14.4. The fourth-order valence-electron chi connectivity index (χ4n) is 4.03. The molecule has 2 heterocycles. The highest BCUT2D eigenvalue weighted by molar-refractivity contribution is 5.92. The summed E-state index contributed by atoms with van der Waals surface area (Å²) in [6, 6.07) is 16.5. The van der Waals surface area contributed by atoms with Gasteiger partial charge in [0.05, 0.1) is 11.9 Å². The summed E-state index contributed by atoms with van der Waals surface area (Å²) in [6.07, 6.45) is 6.83. The van der Waals surface area contributed by atoms with Crippen molar-refractivity contribution in [1.82, 2.24) is 19.7 Å². The van der Waals surface area contributed by atoms with Gasteiger partial charge in [-0.1, -0.05) is 37.5 Å². The maximum atomic E-state index is 12.5. The van der Waals surface area contributed by atoms with Crippen molar-refractivity contribution in [1.29, 1.82) is 0 Å². The predicted molar refractivity (Wildman–Crippen MR) is 121 cm³/mol. The van der Waals surface area contributed by atoms with Gasteiger partial charge in [-0.2, -0.15) is 10.1 Å². The minimum absolute atomic E-state index is 0.0687. The molecule has 32 heavy (non-hydrogen) atoms. The Kier molecular flexibility index (Phi) is 5.41. The Morgan fingerprint density at radius 3 is 2.53 bits per heavy atom. The van der Waals surface area contributed by atoms with E-state index in [0.29, 0.717) is 22.5 Å². The summed E-state index contributed by atoms with van der Waals surface area (Å²) in [4.78, 5) is 32.0. The first-order valence-corrected chi connectivity index (χ1v) is 10.8. The molecule has 0 bridgehead atoms. The number of aromatic nitrogens is 4. The van der Waals surface area contributed by atoms with Gasteiger partial charge in [0.2, 0.25) is 5.91 Å². The molecule has 8 heteroatoms. The highest BCUT2D eigenvalue weighted by atomic mass is 16.5. The van der Waals surface area contributed by atoms with Crippen LogP contribution >= 0.6 is 0 Å². The van der Waals surface area contributed by atoms with E-state index in [0.717, 1.165) is 31.4 Å². The first-order valence-electron chi connectivity index (χ1n) is 10.8. The second kappa shape index (κ2) is 8.66. The zero-order valence-corrected chi connectivity index (χ0v) is 17.5. The number of benzene rings is 2. The van der Waals surface area contributed by atoms with Gasteiger partial charge in [-0.15, -0.1) is 0 Å². The second-order valence-corrected chi connectivity index (χ2v) is 7.95. The van der Waals surface area contributed by atoms with E-state index in [4.69, 9.17) is 4.74 Å². The van der Waals surface area contributed by atoms with E-state index in [1.165, 1.54) is 12.6 Å². The molecule has 2 aromatic carbocycles. The van der Waals surface area contributed by atoms with Crippen LogP contribution in [0.2, 0.25) is 0 Å². The summed E-state index contributed by atoms with van der Waals surface area (Å²) in [7, 11) is 0. The van der Waals surface area contributed by atoms with Crippen LogP contribution in [-0.2, 0) is 4.79 Å². The smallest absolute Gasteiger partial charge is 0.304 e. The number of hydrogen-bond acceptors (Lipinski definition) is 5. The Hall–Kier alpha value is -3.94. The number of fused-ring (bicyclic) bond motifs is 1. The van der Waals surface area contributed by atoms with E-state index >= 15 is 0 Å². The SMILES string of the molecule is O=C(Nc1ccc(Oc2nc3c(cnn3-c3ccccc3)c(=O)[nH]2)cc1)C1CCCCC1. The molecule has 1 saturated carbocycles. The van der Waals surface area contributed by atoms with Crippen LogP contribution in [0.4, 0.5) is 5.69 Å². The van der Waals surface area contributed by atoms with Crippen LogP contribution in [0.5, 0.6) is 11.8 Å². The molecule has 1 aliphatic rings. The molecule has 1 amide bonds. The van der Waals surface area contributed by atoms with E-state index < -0.39 is 0 Å². The Bertz CT molecular complexity index is 1290.